The van der Waals surface area contributed by atoms with Crippen LogP contribution in [0.2, 0.25) is 0 Å². The molecular formula is C18H16N2O3S. The van der Waals surface area contributed by atoms with Gasteiger partial charge in [-0.1, -0.05) is 25.1 Å². The molecule has 0 fully saturated rings. The van der Waals surface area contributed by atoms with Gasteiger partial charge in [-0.15, -0.1) is 11.8 Å². The number of fused-ring (bicyclic) bond motifs is 2. The lowest BCUT2D eigenvalue weighted by atomic mass is 10.1. The number of hydrogen-bond acceptors (Lipinski definition) is 4. The standard InChI is InChI=1S/C18H16N2O3S/c1-11-10-20(13-7-3-4-9-15(13)24-11)17(21)12-6-5-8-14-16(12)23-18(22)19(14)2/h3-9,11H,10H2,1-2H3/t11-/m0/s1. The number of carbonyl (C=O) groups is 1. The summed E-state index contributed by atoms with van der Waals surface area (Å²) in [5, 5.41) is 0.297. The molecule has 1 aliphatic heterocycles. The molecule has 1 atom stereocenters. The van der Waals surface area contributed by atoms with Gasteiger partial charge < -0.3 is 9.32 Å². The minimum atomic E-state index is -0.465. The summed E-state index contributed by atoms with van der Waals surface area (Å²) in [6.45, 7) is 2.72. The highest BCUT2D eigenvalue weighted by atomic mass is 32.2. The largest absolute Gasteiger partial charge is 0.419 e. The summed E-state index contributed by atoms with van der Waals surface area (Å²) in [6.07, 6.45) is 0. The highest BCUT2D eigenvalue weighted by molar-refractivity contribution is 8.00. The van der Waals surface area contributed by atoms with Gasteiger partial charge in [0, 0.05) is 23.7 Å². The molecule has 0 aliphatic carbocycles. The maximum Gasteiger partial charge on any atom is 0.419 e. The van der Waals surface area contributed by atoms with Crippen molar-refractivity contribution in [2.45, 2.75) is 17.1 Å². The Labute approximate surface area is 142 Å². The van der Waals surface area contributed by atoms with E-state index >= 15 is 0 Å². The van der Waals surface area contributed by atoms with Crippen molar-refractivity contribution in [1.29, 1.82) is 0 Å². The predicted octanol–water partition coefficient (Wildman–Crippen LogP) is 3.27. The Morgan fingerprint density at radius 1 is 1.21 bits per heavy atom. The number of anilines is 1. The van der Waals surface area contributed by atoms with Crippen molar-refractivity contribution in [3.63, 3.8) is 0 Å². The number of carbonyl (C=O) groups excluding carboxylic acids is 1. The molecule has 0 spiro atoms. The second kappa shape index (κ2) is 5.56. The quantitative estimate of drug-likeness (QED) is 0.682. The molecule has 1 aromatic heterocycles. The molecule has 24 heavy (non-hydrogen) atoms. The Morgan fingerprint density at radius 3 is 2.83 bits per heavy atom. The molecule has 0 unspecified atom stereocenters. The van der Waals surface area contributed by atoms with E-state index in [1.165, 1.54) is 4.57 Å². The number of hydrogen-bond donors (Lipinski definition) is 0. The summed E-state index contributed by atoms with van der Waals surface area (Å²) in [4.78, 5) is 27.9. The van der Waals surface area contributed by atoms with Gasteiger partial charge in [-0.3, -0.25) is 9.36 Å². The fraction of sp³-hybridized carbons (Fsp3) is 0.222. The van der Waals surface area contributed by atoms with Crippen molar-refractivity contribution < 1.29 is 9.21 Å². The Hall–Kier alpha value is -2.47. The van der Waals surface area contributed by atoms with Crippen molar-refractivity contribution in [1.82, 2.24) is 4.57 Å². The zero-order valence-corrected chi connectivity index (χ0v) is 14.2. The average molecular weight is 340 g/mol. The third-order valence-electron chi connectivity index (χ3n) is 4.22. The van der Waals surface area contributed by atoms with Crippen LogP contribution in [0.25, 0.3) is 11.1 Å². The fourth-order valence-corrected chi connectivity index (χ4v) is 4.16. The second-order valence-corrected chi connectivity index (χ2v) is 7.37. The van der Waals surface area contributed by atoms with Crippen LogP contribution in [0.4, 0.5) is 5.69 Å². The van der Waals surface area contributed by atoms with Gasteiger partial charge in [-0.05, 0) is 24.3 Å². The molecule has 1 aliphatic rings. The lowest BCUT2D eigenvalue weighted by Crippen LogP contribution is -2.38. The van der Waals surface area contributed by atoms with E-state index in [1.807, 2.05) is 24.3 Å². The van der Waals surface area contributed by atoms with Gasteiger partial charge in [0.1, 0.15) is 0 Å². The van der Waals surface area contributed by atoms with E-state index in [9.17, 15) is 9.59 Å². The summed E-state index contributed by atoms with van der Waals surface area (Å²) < 4.78 is 6.72. The van der Waals surface area contributed by atoms with Crippen LogP contribution < -0.4 is 10.7 Å². The van der Waals surface area contributed by atoms with Crippen molar-refractivity contribution in [2.24, 2.45) is 7.05 Å². The van der Waals surface area contributed by atoms with Gasteiger partial charge in [-0.2, -0.15) is 0 Å². The number of rotatable bonds is 1. The van der Waals surface area contributed by atoms with Crippen LogP contribution in [0.1, 0.15) is 17.3 Å². The number of aromatic nitrogens is 1. The zero-order valence-electron chi connectivity index (χ0n) is 13.4. The first-order valence-electron chi connectivity index (χ1n) is 7.72. The van der Waals surface area contributed by atoms with Gasteiger partial charge in [0.2, 0.25) is 0 Å². The number of nitrogens with zero attached hydrogens (tertiary/aromatic N) is 2. The summed E-state index contributed by atoms with van der Waals surface area (Å²) in [7, 11) is 1.64. The van der Waals surface area contributed by atoms with Gasteiger partial charge in [0.05, 0.1) is 16.8 Å². The zero-order chi connectivity index (χ0) is 16.8. The monoisotopic (exact) mass is 340 g/mol. The van der Waals surface area contributed by atoms with Crippen LogP contribution >= 0.6 is 11.8 Å². The molecule has 0 N–H and O–H groups in total. The van der Waals surface area contributed by atoms with E-state index < -0.39 is 5.76 Å². The van der Waals surface area contributed by atoms with Crippen LogP contribution in [0, 0.1) is 0 Å². The minimum Gasteiger partial charge on any atom is -0.407 e. The third-order valence-corrected chi connectivity index (χ3v) is 5.37. The lowest BCUT2D eigenvalue weighted by molar-refractivity contribution is 0.0987. The minimum absolute atomic E-state index is 0.144. The topological polar surface area (TPSA) is 55.5 Å². The summed E-state index contributed by atoms with van der Waals surface area (Å²) in [5.74, 6) is -0.609. The van der Waals surface area contributed by atoms with E-state index in [-0.39, 0.29) is 5.91 Å². The number of thioether (sulfide) groups is 1. The summed E-state index contributed by atoms with van der Waals surface area (Å²) in [5.41, 5.74) is 2.29. The first-order chi connectivity index (χ1) is 11.6. The lowest BCUT2D eigenvalue weighted by Gasteiger charge is -2.32. The smallest absolute Gasteiger partial charge is 0.407 e. The van der Waals surface area contributed by atoms with Crippen LogP contribution in [0.15, 0.2) is 56.6 Å². The molecule has 0 saturated carbocycles. The van der Waals surface area contributed by atoms with E-state index in [1.54, 1.807) is 41.9 Å². The molecule has 0 saturated heterocycles. The van der Waals surface area contributed by atoms with E-state index in [4.69, 9.17) is 4.42 Å². The molecule has 2 aromatic carbocycles. The van der Waals surface area contributed by atoms with E-state index in [0.29, 0.717) is 28.5 Å². The number of oxazole rings is 1. The molecule has 5 nitrogen and oxygen atoms in total. The summed E-state index contributed by atoms with van der Waals surface area (Å²) in [6, 6.07) is 13.1. The van der Waals surface area contributed by atoms with Crippen LogP contribution in [0.5, 0.6) is 0 Å². The van der Waals surface area contributed by atoms with Crippen molar-refractivity contribution in [3.8, 4) is 0 Å². The number of aryl methyl sites for hydroxylation is 1. The van der Waals surface area contributed by atoms with Gasteiger partial charge in [0.25, 0.3) is 5.91 Å². The Bertz CT molecular complexity index is 1000. The Balaban J connectivity index is 1.86. The van der Waals surface area contributed by atoms with Crippen molar-refractivity contribution >= 4 is 34.5 Å². The van der Waals surface area contributed by atoms with Crippen LogP contribution in [0.3, 0.4) is 0 Å². The number of amides is 1. The molecule has 0 radical (unpaired) electrons. The molecular weight excluding hydrogens is 324 g/mol. The van der Waals surface area contributed by atoms with Crippen molar-refractivity contribution in [2.75, 3.05) is 11.4 Å². The van der Waals surface area contributed by atoms with Gasteiger partial charge in [0.15, 0.2) is 5.58 Å². The molecule has 3 aromatic rings. The molecule has 2 heterocycles. The highest BCUT2D eigenvalue weighted by Gasteiger charge is 2.29. The maximum atomic E-state index is 13.2. The average Bonchev–Trinajstić information content (AvgIpc) is 2.88. The number of para-hydroxylation sites is 2. The van der Waals surface area contributed by atoms with Crippen LogP contribution in [-0.4, -0.2) is 22.3 Å². The molecule has 6 heteroatoms. The number of benzene rings is 2. The van der Waals surface area contributed by atoms with Gasteiger partial charge in [-0.25, -0.2) is 4.79 Å². The molecule has 4 rings (SSSR count). The predicted molar refractivity (Wildman–Crippen MR) is 94.9 cm³/mol. The van der Waals surface area contributed by atoms with Crippen LogP contribution in [-0.2, 0) is 7.05 Å². The molecule has 122 valence electrons. The third kappa shape index (κ3) is 2.26. The fourth-order valence-electron chi connectivity index (χ4n) is 3.05. The first kappa shape index (κ1) is 15.1. The SMILES string of the molecule is C[C@H]1CN(C(=O)c2cccc3c2oc(=O)n3C)c2ccccc2S1. The van der Waals surface area contributed by atoms with E-state index in [2.05, 4.69) is 6.92 Å². The first-order valence-corrected chi connectivity index (χ1v) is 8.60. The molecule has 0 bridgehead atoms. The highest BCUT2D eigenvalue weighted by Crippen LogP contribution is 2.39. The summed E-state index contributed by atoms with van der Waals surface area (Å²) >= 11 is 1.77. The molecule has 1 amide bonds. The maximum absolute atomic E-state index is 13.2. The Kier molecular flexibility index (Phi) is 3.49. The second-order valence-electron chi connectivity index (χ2n) is 5.89. The Morgan fingerprint density at radius 2 is 2.00 bits per heavy atom. The van der Waals surface area contributed by atoms with Gasteiger partial charge >= 0.3 is 5.76 Å². The normalized spacial score (nSPS) is 17.1. The van der Waals surface area contributed by atoms with E-state index in [0.717, 1.165) is 10.6 Å². The van der Waals surface area contributed by atoms with Crippen molar-refractivity contribution in [3.05, 3.63) is 58.6 Å².